The molecule has 1 saturated carbocycles. The molecule has 5 heteroatoms. The maximum atomic E-state index is 13.7. The predicted octanol–water partition coefficient (Wildman–Crippen LogP) is 2.46. The molecule has 2 rings (SSSR count). The molecule has 1 N–H and O–H groups in total. The van der Waals surface area contributed by atoms with E-state index in [9.17, 15) is 13.6 Å². The van der Waals surface area contributed by atoms with Crippen LogP contribution in [-0.2, 0) is 11.3 Å². The second-order valence-corrected chi connectivity index (χ2v) is 5.22. The average molecular weight is 282 g/mol. The number of carbonyl (C=O) groups excluding carboxylic acids is 1. The monoisotopic (exact) mass is 282 g/mol. The number of halogens is 2. The van der Waals surface area contributed by atoms with E-state index < -0.39 is 11.6 Å². The molecule has 110 valence electrons. The molecule has 0 bridgehead atoms. The number of amides is 1. The fourth-order valence-corrected chi connectivity index (χ4v) is 2.13. The maximum absolute atomic E-state index is 13.7. The van der Waals surface area contributed by atoms with Crippen LogP contribution in [0.25, 0.3) is 0 Å². The van der Waals surface area contributed by atoms with E-state index in [4.69, 9.17) is 0 Å². The van der Waals surface area contributed by atoms with E-state index in [1.807, 2.05) is 11.8 Å². The van der Waals surface area contributed by atoms with Gasteiger partial charge in [-0.15, -0.1) is 0 Å². The first-order valence-corrected chi connectivity index (χ1v) is 7.05. The average Bonchev–Trinajstić information content (AvgIpc) is 3.23. The van der Waals surface area contributed by atoms with E-state index >= 15 is 0 Å². The summed E-state index contributed by atoms with van der Waals surface area (Å²) in [6, 6.07) is 3.93. The Balaban J connectivity index is 1.97. The number of nitrogens with one attached hydrogen (secondary N) is 1. The summed E-state index contributed by atoms with van der Waals surface area (Å²) in [5.74, 6) is -1.17. The highest BCUT2D eigenvalue weighted by atomic mass is 19.1. The molecule has 0 radical (unpaired) electrons. The lowest BCUT2D eigenvalue weighted by molar-refractivity contribution is -0.122. The summed E-state index contributed by atoms with van der Waals surface area (Å²) in [4.78, 5) is 13.7. The second-order valence-electron chi connectivity index (χ2n) is 5.22. The third-order valence-electron chi connectivity index (χ3n) is 3.37. The number of rotatable bonds is 7. The van der Waals surface area contributed by atoms with E-state index in [-0.39, 0.29) is 12.5 Å². The smallest absolute Gasteiger partial charge is 0.234 e. The third-order valence-corrected chi connectivity index (χ3v) is 3.37. The zero-order chi connectivity index (χ0) is 14.5. The van der Waals surface area contributed by atoms with Crippen molar-refractivity contribution in [2.24, 2.45) is 0 Å². The molecule has 0 aromatic heterocycles. The molecule has 1 fully saturated rings. The van der Waals surface area contributed by atoms with Crippen molar-refractivity contribution < 1.29 is 13.6 Å². The molecule has 0 heterocycles. The molecule has 0 atom stereocenters. The van der Waals surface area contributed by atoms with E-state index in [0.717, 1.165) is 25.3 Å². The van der Waals surface area contributed by atoms with Gasteiger partial charge < -0.3 is 5.32 Å². The zero-order valence-corrected chi connectivity index (χ0v) is 11.7. The number of benzene rings is 1. The summed E-state index contributed by atoms with van der Waals surface area (Å²) in [7, 11) is 0. The van der Waals surface area contributed by atoms with E-state index in [2.05, 4.69) is 5.32 Å². The summed E-state index contributed by atoms with van der Waals surface area (Å²) in [5.41, 5.74) is 0.432. The van der Waals surface area contributed by atoms with Crippen LogP contribution in [0.2, 0.25) is 0 Å². The predicted molar refractivity (Wildman–Crippen MR) is 73.1 cm³/mol. The topological polar surface area (TPSA) is 32.3 Å². The Morgan fingerprint density at radius 2 is 2.15 bits per heavy atom. The Kier molecular flexibility index (Phi) is 5.06. The number of hydrogen-bond donors (Lipinski definition) is 1. The zero-order valence-electron chi connectivity index (χ0n) is 11.7. The molecule has 20 heavy (non-hydrogen) atoms. The van der Waals surface area contributed by atoms with Crippen molar-refractivity contribution in [3.05, 3.63) is 35.4 Å². The SMILES string of the molecule is CCCNC(=O)CN(Cc1ccc(F)cc1F)C1CC1. The van der Waals surface area contributed by atoms with Gasteiger partial charge in [0.15, 0.2) is 0 Å². The summed E-state index contributed by atoms with van der Waals surface area (Å²) >= 11 is 0. The molecule has 1 aliphatic rings. The molecular formula is C15H20F2N2O. The van der Waals surface area contributed by atoms with Gasteiger partial charge in [0.1, 0.15) is 11.6 Å². The normalized spacial score (nSPS) is 14.6. The number of hydrogen-bond acceptors (Lipinski definition) is 2. The van der Waals surface area contributed by atoms with Crippen LogP contribution in [-0.4, -0.2) is 29.9 Å². The minimum Gasteiger partial charge on any atom is -0.355 e. The van der Waals surface area contributed by atoms with Crippen LogP contribution < -0.4 is 5.32 Å². The van der Waals surface area contributed by atoms with Crippen molar-refractivity contribution >= 4 is 5.91 Å². The van der Waals surface area contributed by atoms with Crippen molar-refractivity contribution in [1.82, 2.24) is 10.2 Å². The highest BCUT2D eigenvalue weighted by molar-refractivity contribution is 5.78. The van der Waals surface area contributed by atoms with Gasteiger partial charge in [-0.3, -0.25) is 9.69 Å². The first kappa shape index (κ1) is 14.9. The second kappa shape index (κ2) is 6.79. The molecule has 0 spiro atoms. The van der Waals surface area contributed by atoms with E-state index in [1.165, 1.54) is 12.1 Å². The Morgan fingerprint density at radius 3 is 2.75 bits per heavy atom. The quantitative estimate of drug-likeness (QED) is 0.833. The third kappa shape index (κ3) is 4.27. The van der Waals surface area contributed by atoms with Gasteiger partial charge in [0.2, 0.25) is 5.91 Å². The summed E-state index contributed by atoms with van der Waals surface area (Å²) in [6.07, 6.45) is 2.95. The molecule has 1 aliphatic carbocycles. The van der Waals surface area contributed by atoms with Gasteiger partial charge in [-0.25, -0.2) is 8.78 Å². The molecular weight excluding hydrogens is 262 g/mol. The van der Waals surface area contributed by atoms with E-state index in [1.54, 1.807) is 0 Å². The Labute approximate surface area is 118 Å². The summed E-state index contributed by atoms with van der Waals surface area (Å²) < 4.78 is 26.6. The van der Waals surface area contributed by atoms with Gasteiger partial charge >= 0.3 is 0 Å². The van der Waals surface area contributed by atoms with Crippen LogP contribution in [0, 0.1) is 11.6 Å². The molecule has 0 unspecified atom stereocenters. The maximum Gasteiger partial charge on any atom is 0.234 e. The minimum atomic E-state index is -0.579. The number of carbonyl (C=O) groups is 1. The standard InChI is InChI=1S/C15H20F2N2O/c1-2-7-18-15(20)10-19(13-5-6-13)9-11-3-4-12(16)8-14(11)17/h3-4,8,13H,2,5-7,9-10H2,1H3,(H,18,20). The van der Waals surface area contributed by atoms with Crippen LogP contribution in [0.4, 0.5) is 8.78 Å². The summed E-state index contributed by atoms with van der Waals surface area (Å²) in [6.45, 7) is 3.26. The molecule has 3 nitrogen and oxygen atoms in total. The highest BCUT2D eigenvalue weighted by Crippen LogP contribution is 2.28. The highest BCUT2D eigenvalue weighted by Gasteiger charge is 2.30. The number of nitrogens with zero attached hydrogens (tertiary/aromatic N) is 1. The largest absolute Gasteiger partial charge is 0.355 e. The lowest BCUT2D eigenvalue weighted by atomic mass is 10.2. The van der Waals surface area contributed by atoms with Gasteiger partial charge in [-0.1, -0.05) is 13.0 Å². The van der Waals surface area contributed by atoms with Gasteiger partial charge in [-0.2, -0.15) is 0 Å². The molecule has 1 amide bonds. The molecule has 0 aliphatic heterocycles. The Bertz CT molecular complexity index is 475. The Hall–Kier alpha value is -1.49. The van der Waals surface area contributed by atoms with Crippen molar-refractivity contribution in [2.45, 2.75) is 38.8 Å². The first-order chi connectivity index (χ1) is 9.60. The first-order valence-electron chi connectivity index (χ1n) is 7.05. The van der Waals surface area contributed by atoms with Gasteiger partial charge in [0.25, 0.3) is 0 Å². The van der Waals surface area contributed by atoms with Crippen molar-refractivity contribution in [3.8, 4) is 0 Å². The minimum absolute atomic E-state index is 0.0405. The fraction of sp³-hybridized carbons (Fsp3) is 0.533. The van der Waals surface area contributed by atoms with Crippen LogP contribution >= 0.6 is 0 Å². The van der Waals surface area contributed by atoms with Crippen LogP contribution in [0.15, 0.2) is 18.2 Å². The lowest BCUT2D eigenvalue weighted by Crippen LogP contribution is -2.38. The van der Waals surface area contributed by atoms with Crippen LogP contribution in [0.5, 0.6) is 0 Å². The lowest BCUT2D eigenvalue weighted by Gasteiger charge is -2.21. The van der Waals surface area contributed by atoms with Crippen LogP contribution in [0.1, 0.15) is 31.7 Å². The molecule has 1 aromatic carbocycles. The molecule has 1 aromatic rings. The van der Waals surface area contributed by atoms with Gasteiger partial charge in [-0.05, 0) is 25.3 Å². The van der Waals surface area contributed by atoms with Crippen molar-refractivity contribution in [3.63, 3.8) is 0 Å². The summed E-state index contributed by atoms with van der Waals surface area (Å²) in [5, 5.41) is 2.82. The van der Waals surface area contributed by atoms with Gasteiger partial charge in [0, 0.05) is 30.8 Å². The van der Waals surface area contributed by atoms with Crippen molar-refractivity contribution in [1.29, 1.82) is 0 Å². The van der Waals surface area contributed by atoms with Crippen LogP contribution in [0.3, 0.4) is 0 Å². The molecule has 0 saturated heterocycles. The Morgan fingerprint density at radius 1 is 1.40 bits per heavy atom. The fourth-order valence-electron chi connectivity index (χ4n) is 2.13. The van der Waals surface area contributed by atoms with E-state index in [0.29, 0.717) is 24.7 Å². The van der Waals surface area contributed by atoms with Crippen molar-refractivity contribution in [2.75, 3.05) is 13.1 Å². The van der Waals surface area contributed by atoms with Gasteiger partial charge in [0.05, 0.1) is 6.54 Å².